The fourth-order valence-corrected chi connectivity index (χ4v) is 7.50. The van der Waals surface area contributed by atoms with Crippen LogP contribution < -0.4 is 0 Å². The van der Waals surface area contributed by atoms with E-state index in [1.54, 1.807) is 0 Å². The molecule has 232 valence electrons. The maximum Gasteiger partial charge on any atom is 0.119 e. The lowest BCUT2D eigenvalue weighted by molar-refractivity contribution is 0.444. The van der Waals surface area contributed by atoms with Gasteiger partial charge in [-0.3, -0.25) is 0 Å². The van der Waals surface area contributed by atoms with Crippen LogP contribution in [0.5, 0.6) is 11.5 Å². The molecule has 3 heteroatoms. The van der Waals surface area contributed by atoms with Gasteiger partial charge in [0.15, 0.2) is 0 Å². The van der Waals surface area contributed by atoms with Crippen molar-refractivity contribution in [2.24, 2.45) is 0 Å². The number of phenolic OH excluding ortho intramolecular Hbond substituents is 2. The third kappa shape index (κ3) is 10.9. The predicted octanol–water partition coefficient (Wildman–Crippen LogP) is 11.9. The predicted molar refractivity (Wildman–Crippen MR) is 183 cm³/mol. The first-order chi connectivity index (χ1) is 19.2. The van der Waals surface area contributed by atoms with E-state index in [1.165, 1.54) is 81.1 Å². The minimum Gasteiger partial charge on any atom is -0.508 e. The molecule has 0 fully saturated rings. The first kappa shape index (κ1) is 35.6. The third-order valence-electron chi connectivity index (χ3n) is 8.62. The molecule has 0 aliphatic carbocycles. The molecule has 2 nitrogen and oxygen atoms in total. The van der Waals surface area contributed by atoms with Gasteiger partial charge in [-0.25, -0.2) is 0 Å². The number of aryl methyl sites for hydroxylation is 2. The van der Waals surface area contributed by atoms with Crippen LogP contribution in [0.4, 0.5) is 0 Å². The van der Waals surface area contributed by atoms with E-state index in [0.29, 0.717) is 16.7 Å². The summed E-state index contributed by atoms with van der Waals surface area (Å²) < 4.78 is 0. The second kappa shape index (κ2) is 16.3. The summed E-state index contributed by atoms with van der Waals surface area (Å²) in [4.78, 5) is 0. The van der Waals surface area contributed by atoms with E-state index in [9.17, 15) is 10.2 Å². The van der Waals surface area contributed by atoms with Gasteiger partial charge in [-0.05, 0) is 95.2 Å². The molecule has 0 amide bonds. The van der Waals surface area contributed by atoms with Crippen molar-refractivity contribution in [2.45, 2.75) is 162 Å². The van der Waals surface area contributed by atoms with E-state index in [4.69, 9.17) is 0 Å². The highest BCUT2D eigenvalue weighted by atomic mass is 32.2. The van der Waals surface area contributed by atoms with Crippen LogP contribution in [0, 0.1) is 13.8 Å². The normalized spacial score (nSPS) is 13.2. The SMILES string of the molecule is CCCCCCCCCC(CC(c1cc(C(C)(C)C)c(O)cc1C)c1cc(C(C)(C)C)c(O)cc1C)SCCCC. The summed E-state index contributed by atoms with van der Waals surface area (Å²) >= 11 is 2.17. The second-order valence-corrected chi connectivity index (χ2v) is 15.9. The van der Waals surface area contributed by atoms with Gasteiger partial charge in [0.1, 0.15) is 11.5 Å². The van der Waals surface area contributed by atoms with Crippen molar-refractivity contribution in [3.63, 3.8) is 0 Å². The monoisotopic (exact) mass is 582 g/mol. The Hall–Kier alpha value is -1.61. The van der Waals surface area contributed by atoms with Crippen molar-refractivity contribution >= 4 is 11.8 Å². The highest BCUT2D eigenvalue weighted by Crippen LogP contribution is 2.44. The molecule has 0 heterocycles. The molecule has 2 rings (SSSR count). The molecule has 41 heavy (non-hydrogen) atoms. The molecule has 0 aliphatic heterocycles. The first-order valence-corrected chi connectivity index (χ1v) is 17.5. The summed E-state index contributed by atoms with van der Waals surface area (Å²) in [5, 5.41) is 22.5. The highest BCUT2D eigenvalue weighted by Gasteiger charge is 2.29. The van der Waals surface area contributed by atoms with Gasteiger partial charge in [-0.2, -0.15) is 11.8 Å². The number of thioether (sulfide) groups is 1. The average Bonchev–Trinajstić information content (AvgIpc) is 2.85. The second-order valence-electron chi connectivity index (χ2n) is 14.5. The van der Waals surface area contributed by atoms with Gasteiger partial charge >= 0.3 is 0 Å². The molecule has 1 atom stereocenters. The summed E-state index contributed by atoms with van der Waals surface area (Å²) in [6, 6.07) is 8.55. The summed E-state index contributed by atoms with van der Waals surface area (Å²) in [6.45, 7) is 22.0. The van der Waals surface area contributed by atoms with Crippen molar-refractivity contribution in [1.82, 2.24) is 0 Å². The van der Waals surface area contributed by atoms with E-state index >= 15 is 0 Å². The maximum absolute atomic E-state index is 11.0. The standard InChI is InChI=1S/C38H62O2S/c1-11-13-15-16-17-18-19-20-29(41-21-14-12-2)24-32(30-25-33(37(5,6)7)35(39)22-27(30)3)31-26-34(38(8,9)10)36(40)23-28(31)4/h22-23,25-26,29,32,39-40H,11-21,24H2,1-10H3. The van der Waals surface area contributed by atoms with Crippen molar-refractivity contribution in [2.75, 3.05) is 5.75 Å². The van der Waals surface area contributed by atoms with Crippen LogP contribution in [0.3, 0.4) is 0 Å². The van der Waals surface area contributed by atoms with Gasteiger partial charge in [0.05, 0.1) is 0 Å². The van der Waals surface area contributed by atoms with E-state index in [-0.39, 0.29) is 16.7 Å². The van der Waals surface area contributed by atoms with Gasteiger partial charge in [0.2, 0.25) is 0 Å². The summed E-state index contributed by atoms with van der Waals surface area (Å²) in [7, 11) is 0. The van der Waals surface area contributed by atoms with Crippen LogP contribution >= 0.6 is 11.8 Å². The number of unbranched alkanes of at least 4 members (excludes halogenated alkanes) is 7. The fourth-order valence-electron chi connectivity index (χ4n) is 6.05. The molecule has 0 aliphatic rings. The minimum absolute atomic E-state index is 0.148. The number of rotatable bonds is 16. The topological polar surface area (TPSA) is 40.5 Å². The van der Waals surface area contributed by atoms with Crippen molar-refractivity contribution in [1.29, 1.82) is 0 Å². The lowest BCUT2D eigenvalue weighted by Crippen LogP contribution is -2.18. The van der Waals surface area contributed by atoms with Crippen LogP contribution in [-0.2, 0) is 10.8 Å². The fraction of sp³-hybridized carbons (Fsp3) is 0.684. The molecule has 2 aromatic rings. The Bertz CT molecular complexity index is 1000. The zero-order valence-electron chi connectivity index (χ0n) is 28.3. The van der Waals surface area contributed by atoms with Gasteiger partial charge in [0.25, 0.3) is 0 Å². The van der Waals surface area contributed by atoms with Crippen LogP contribution in [0.2, 0.25) is 0 Å². The lowest BCUT2D eigenvalue weighted by atomic mass is 9.76. The third-order valence-corrected chi connectivity index (χ3v) is 10.0. The summed E-state index contributed by atoms with van der Waals surface area (Å²) in [5.74, 6) is 2.22. The molecule has 0 saturated heterocycles. The number of aromatic hydroxyl groups is 2. The van der Waals surface area contributed by atoms with E-state index in [2.05, 4.69) is 93.1 Å². The number of hydrogen-bond acceptors (Lipinski definition) is 3. The zero-order chi connectivity index (χ0) is 30.8. The molecule has 0 aromatic heterocycles. The summed E-state index contributed by atoms with van der Waals surface area (Å²) in [6.07, 6.45) is 14.2. The molecule has 0 radical (unpaired) electrons. The van der Waals surface area contributed by atoms with E-state index in [0.717, 1.165) is 28.7 Å². The molecule has 0 saturated carbocycles. The van der Waals surface area contributed by atoms with Gasteiger partial charge < -0.3 is 10.2 Å². The Labute approximate surface area is 258 Å². The Morgan fingerprint density at radius 3 is 1.51 bits per heavy atom. The van der Waals surface area contributed by atoms with E-state index in [1.807, 2.05) is 12.1 Å². The Balaban J connectivity index is 2.55. The van der Waals surface area contributed by atoms with Crippen LogP contribution in [-0.4, -0.2) is 21.2 Å². The average molecular weight is 583 g/mol. The number of phenols is 2. The maximum atomic E-state index is 11.0. The molecular formula is C38H62O2S. The lowest BCUT2D eigenvalue weighted by Gasteiger charge is -2.31. The Morgan fingerprint density at radius 1 is 0.634 bits per heavy atom. The van der Waals surface area contributed by atoms with Crippen molar-refractivity contribution < 1.29 is 10.2 Å². The minimum atomic E-state index is -0.148. The van der Waals surface area contributed by atoms with Crippen LogP contribution in [0.25, 0.3) is 0 Å². The molecular weight excluding hydrogens is 520 g/mol. The Morgan fingerprint density at radius 2 is 1.07 bits per heavy atom. The number of hydrogen-bond donors (Lipinski definition) is 2. The molecule has 0 bridgehead atoms. The first-order valence-electron chi connectivity index (χ1n) is 16.5. The molecule has 2 aromatic carbocycles. The van der Waals surface area contributed by atoms with Gasteiger partial charge in [-0.15, -0.1) is 0 Å². The molecule has 2 N–H and O–H groups in total. The Kier molecular flexibility index (Phi) is 14.1. The van der Waals surface area contributed by atoms with Crippen molar-refractivity contribution in [3.05, 3.63) is 57.6 Å². The molecule has 1 unspecified atom stereocenters. The van der Waals surface area contributed by atoms with Gasteiger partial charge in [0, 0.05) is 11.2 Å². The van der Waals surface area contributed by atoms with Crippen LogP contribution in [0.1, 0.15) is 165 Å². The van der Waals surface area contributed by atoms with E-state index < -0.39 is 0 Å². The molecule has 0 spiro atoms. The number of benzene rings is 2. The zero-order valence-corrected chi connectivity index (χ0v) is 29.1. The largest absolute Gasteiger partial charge is 0.508 e. The van der Waals surface area contributed by atoms with Crippen molar-refractivity contribution in [3.8, 4) is 11.5 Å². The van der Waals surface area contributed by atoms with Gasteiger partial charge in [-0.1, -0.05) is 119 Å². The summed E-state index contributed by atoms with van der Waals surface area (Å²) in [5.41, 5.74) is 6.67. The quantitative estimate of drug-likeness (QED) is 0.193. The van der Waals surface area contributed by atoms with Crippen LogP contribution in [0.15, 0.2) is 24.3 Å². The highest BCUT2D eigenvalue weighted by molar-refractivity contribution is 7.99. The smallest absolute Gasteiger partial charge is 0.119 e.